The number of esters is 2. The summed E-state index contributed by atoms with van der Waals surface area (Å²) in [7, 11) is 1.15. The van der Waals surface area contributed by atoms with Gasteiger partial charge in [0.05, 0.1) is 27.7 Å². The van der Waals surface area contributed by atoms with Crippen molar-refractivity contribution in [2.45, 2.75) is 251 Å². The van der Waals surface area contributed by atoms with Gasteiger partial charge in [-0.2, -0.15) is 0 Å². The molecule has 72 heavy (non-hydrogen) atoms. The van der Waals surface area contributed by atoms with E-state index < -0.39 is 26.5 Å². The number of hydrogen-bond donors (Lipinski definition) is 0. The number of hydrogen-bond acceptors (Lipinski definition) is 8. The molecule has 0 aromatic heterocycles. The van der Waals surface area contributed by atoms with Crippen molar-refractivity contribution in [1.82, 2.24) is 0 Å². The average Bonchev–Trinajstić information content (AvgIpc) is 3.34. The topological polar surface area (TPSA) is 111 Å². The molecule has 0 saturated heterocycles. The minimum Gasteiger partial charge on any atom is -0.756 e. The Morgan fingerprint density at radius 3 is 1.19 bits per heavy atom. The third kappa shape index (κ3) is 56.5. The molecule has 0 aliphatic carbocycles. The number of unbranched alkanes of at least 4 members (excludes halogenated alkanes) is 25. The number of phosphoric ester groups is 1. The predicted octanol–water partition coefficient (Wildman–Crippen LogP) is 17.6. The third-order valence-electron chi connectivity index (χ3n) is 12.4. The Bertz CT molecular complexity index is 1490. The highest BCUT2D eigenvalue weighted by Crippen LogP contribution is 2.38. The van der Waals surface area contributed by atoms with Crippen molar-refractivity contribution in [2.75, 3.05) is 47.5 Å². The third-order valence-corrected chi connectivity index (χ3v) is 13.4. The van der Waals surface area contributed by atoms with E-state index in [1.807, 2.05) is 21.1 Å². The lowest BCUT2D eigenvalue weighted by Crippen LogP contribution is -2.37. The summed E-state index contributed by atoms with van der Waals surface area (Å²) in [5.41, 5.74) is 0. The number of allylic oxidation sites excluding steroid dienone is 14. The van der Waals surface area contributed by atoms with Gasteiger partial charge in [0.2, 0.25) is 0 Å². The second-order valence-electron chi connectivity index (χ2n) is 20.6. The summed E-state index contributed by atoms with van der Waals surface area (Å²) in [5.74, 6) is -0.844. The van der Waals surface area contributed by atoms with Crippen LogP contribution in [-0.2, 0) is 32.7 Å². The zero-order valence-electron chi connectivity index (χ0n) is 47.1. The Morgan fingerprint density at radius 2 is 0.792 bits per heavy atom. The summed E-state index contributed by atoms with van der Waals surface area (Å²) >= 11 is 0. The second-order valence-corrected chi connectivity index (χ2v) is 22.0. The smallest absolute Gasteiger partial charge is 0.306 e. The Hall–Kier alpha value is -2.81. The van der Waals surface area contributed by atoms with Crippen molar-refractivity contribution in [3.05, 3.63) is 85.1 Å². The van der Waals surface area contributed by atoms with E-state index in [4.69, 9.17) is 18.5 Å². The lowest BCUT2D eigenvalue weighted by Gasteiger charge is -2.28. The standard InChI is InChI=1S/C62H110NO8P/c1-6-8-10-12-14-16-18-20-22-24-26-28-29-30-31-32-33-35-37-39-41-43-45-47-49-51-53-55-62(65)71-60(59-70-72(66,67)69-57-56-63(3,4)5)58-68-61(64)54-52-50-48-46-44-42-40-38-36-34-27-25-23-21-19-17-15-13-11-9-7-2/h8,10,14,16,20,22,25-28,30-31,33,35,60H,6-7,9,11-13,15,17-19,21,23-24,29,32,34,36-59H2,1-5H3/b10-8-,16-14-,22-20-,27-25-,28-26-,31-30-,35-33-. The molecule has 416 valence electrons. The molecule has 2 unspecified atom stereocenters. The maximum atomic E-state index is 12.8. The highest BCUT2D eigenvalue weighted by Gasteiger charge is 2.22. The van der Waals surface area contributed by atoms with E-state index >= 15 is 0 Å². The Labute approximate surface area is 443 Å². The number of nitrogens with zero attached hydrogens (tertiary/aromatic N) is 1. The summed E-state index contributed by atoms with van der Waals surface area (Å²) in [6, 6.07) is 0. The molecule has 0 aliphatic heterocycles. The first-order valence-electron chi connectivity index (χ1n) is 29.3. The number of ether oxygens (including phenoxy) is 2. The van der Waals surface area contributed by atoms with Gasteiger partial charge in [-0.15, -0.1) is 0 Å². The fourth-order valence-electron chi connectivity index (χ4n) is 7.89. The van der Waals surface area contributed by atoms with Crippen LogP contribution in [0, 0.1) is 0 Å². The Balaban J connectivity index is 4.21. The molecule has 0 bridgehead atoms. The molecule has 0 rings (SSSR count). The number of likely N-dealkylation sites (N-methyl/N-ethyl adjacent to an activating group) is 1. The molecule has 10 heteroatoms. The maximum Gasteiger partial charge on any atom is 0.306 e. The number of phosphoric acid groups is 1. The second kappa shape index (κ2) is 53.0. The molecule has 0 N–H and O–H groups in total. The van der Waals surface area contributed by atoms with Crippen LogP contribution in [0.4, 0.5) is 0 Å². The quantitative estimate of drug-likeness (QED) is 0.0195. The van der Waals surface area contributed by atoms with E-state index in [0.717, 1.165) is 83.5 Å². The van der Waals surface area contributed by atoms with Crippen LogP contribution in [0.25, 0.3) is 0 Å². The van der Waals surface area contributed by atoms with Crippen molar-refractivity contribution in [3.8, 4) is 0 Å². The molecular formula is C62H110NO8P. The van der Waals surface area contributed by atoms with Crippen LogP contribution in [0.1, 0.15) is 245 Å². The molecule has 2 atom stereocenters. The Kier molecular flexibility index (Phi) is 51.0. The van der Waals surface area contributed by atoms with Crippen molar-refractivity contribution in [2.24, 2.45) is 0 Å². The fourth-order valence-corrected chi connectivity index (χ4v) is 8.62. The van der Waals surface area contributed by atoms with E-state index in [9.17, 15) is 19.0 Å². The van der Waals surface area contributed by atoms with Gasteiger partial charge < -0.3 is 27.9 Å². The maximum absolute atomic E-state index is 12.8. The summed E-state index contributed by atoms with van der Waals surface area (Å²) in [5, 5.41) is 0. The zero-order chi connectivity index (χ0) is 52.7. The molecule has 0 fully saturated rings. The predicted molar refractivity (Wildman–Crippen MR) is 305 cm³/mol. The van der Waals surface area contributed by atoms with Gasteiger partial charge in [0, 0.05) is 12.8 Å². The minimum absolute atomic E-state index is 0.0363. The highest BCUT2D eigenvalue weighted by molar-refractivity contribution is 7.45. The van der Waals surface area contributed by atoms with Gasteiger partial charge in [-0.1, -0.05) is 227 Å². The van der Waals surface area contributed by atoms with Gasteiger partial charge in [0.1, 0.15) is 19.8 Å². The summed E-state index contributed by atoms with van der Waals surface area (Å²) in [4.78, 5) is 37.9. The first kappa shape index (κ1) is 69.2. The van der Waals surface area contributed by atoms with Crippen LogP contribution in [0.3, 0.4) is 0 Å². The summed E-state index contributed by atoms with van der Waals surface area (Å²) in [6.45, 7) is 4.12. The van der Waals surface area contributed by atoms with Gasteiger partial charge in [-0.3, -0.25) is 14.2 Å². The zero-order valence-corrected chi connectivity index (χ0v) is 48.0. The largest absolute Gasteiger partial charge is 0.756 e. The van der Waals surface area contributed by atoms with Crippen molar-refractivity contribution in [3.63, 3.8) is 0 Å². The summed E-state index contributed by atoms with van der Waals surface area (Å²) < 4.78 is 34.2. The molecule has 9 nitrogen and oxygen atoms in total. The molecule has 0 aromatic rings. The molecule has 0 heterocycles. The highest BCUT2D eigenvalue weighted by atomic mass is 31.2. The number of carbonyl (C=O) groups is 2. The normalized spacial score (nSPS) is 13.9. The van der Waals surface area contributed by atoms with Crippen molar-refractivity contribution < 1.29 is 42.1 Å². The van der Waals surface area contributed by atoms with Crippen LogP contribution in [0.5, 0.6) is 0 Å². The molecule has 0 radical (unpaired) electrons. The number of carbonyl (C=O) groups excluding carboxylic acids is 2. The van der Waals surface area contributed by atoms with E-state index in [1.54, 1.807) is 0 Å². The average molecular weight is 1030 g/mol. The number of quaternary nitrogens is 1. The first-order chi connectivity index (χ1) is 35.0. The van der Waals surface area contributed by atoms with E-state index in [1.165, 1.54) is 128 Å². The molecular weight excluding hydrogens is 918 g/mol. The van der Waals surface area contributed by atoms with E-state index in [0.29, 0.717) is 17.4 Å². The monoisotopic (exact) mass is 1030 g/mol. The molecule has 0 amide bonds. The van der Waals surface area contributed by atoms with E-state index in [-0.39, 0.29) is 32.0 Å². The van der Waals surface area contributed by atoms with Gasteiger partial charge in [0.25, 0.3) is 7.82 Å². The van der Waals surface area contributed by atoms with Gasteiger partial charge in [0.15, 0.2) is 6.10 Å². The van der Waals surface area contributed by atoms with Crippen molar-refractivity contribution >= 4 is 19.8 Å². The molecule has 0 aromatic carbocycles. The molecule has 0 aliphatic rings. The van der Waals surface area contributed by atoms with Crippen molar-refractivity contribution in [1.29, 1.82) is 0 Å². The summed E-state index contributed by atoms with van der Waals surface area (Å²) in [6.07, 6.45) is 70.5. The lowest BCUT2D eigenvalue weighted by atomic mass is 10.1. The molecule has 0 spiro atoms. The van der Waals surface area contributed by atoms with Gasteiger partial charge >= 0.3 is 11.9 Å². The van der Waals surface area contributed by atoms with Crippen LogP contribution < -0.4 is 4.89 Å². The minimum atomic E-state index is -4.64. The number of rotatable bonds is 53. The van der Waals surface area contributed by atoms with E-state index in [2.05, 4.69) is 98.9 Å². The van der Waals surface area contributed by atoms with Crippen LogP contribution >= 0.6 is 7.82 Å². The van der Waals surface area contributed by atoms with Crippen LogP contribution in [-0.4, -0.2) is 70.0 Å². The lowest BCUT2D eigenvalue weighted by molar-refractivity contribution is -0.870. The van der Waals surface area contributed by atoms with Gasteiger partial charge in [-0.25, -0.2) is 0 Å². The van der Waals surface area contributed by atoms with Gasteiger partial charge in [-0.05, 0) is 89.9 Å². The van der Waals surface area contributed by atoms with Crippen LogP contribution in [0.2, 0.25) is 0 Å². The first-order valence-corrected chi connectivity index (χ1v) is 30.8. The fraction of sp³-hybridized carbons (Fsp3) is 0.742. The SMILES string of the molecule is CC/C=C\C/C=C\C/C=C\C/C=C\C/C=C\C/C=C\CCCCCCCCCCC(=O)OC(COC(=O)CCCCCCCCCCC/C=C\CCCCCCCCCC)COP(=O)([O-])OCC[N+](C)(C)C. The molecule has 0 saturated carbocycles. The van der Waals surface area contributed by atoms with Crippen LogP contribution in [0.15, 0.2) is 85.1 Å². The Morgan fingerprint density at radius 1 is 0.444 bits per heavy atom.